The number of nitrogens with zero attached hydrogens (tertiary/aromatic N) is 2. The van der Waals surface area contributed by atoms with Gasteiger partial charge < -0.3 is 0 Å². The Morgan fingerprint density at radius 3 is 1.70 bits per heavy atom. The third kappa shape index (κ3) is 4.90. The number of Topliss-reactive ketones (excluding diaryl/α,β-unsaturated/α-hetero) is 1. The summed E-state index contributed by atoms with van der Waals surface area (Å²) in [6.45, 7) is -0.477. The number of carbonyl (C=O) groups is 4. The van der Waals surface area contributed by atoms with Crippen molar-refractivity contribution in [3.63, 3.8) is 0 Å². The third-order valence-corrected chi connectivity index (χ3v) is 9.15. The Balaban J connectivity index is 1.69. The van der Waals surface area contributed by atoms with E-state index in [1.165, 1.54) is 36.4 Å². The fourth-order valence-electron chi connectivity index (χ4n) is 4.15. The van der Waals surface area contributed by atoms with Crippen molar-refractivity contribution in [1.82, 2.24) is 10.0 Å². The summed E-state index contributed by atoms with van der Waals surface area (Å²) in [6.07, 6.45) is 0.908. The first-order valence-corrected chi connectivity index (χ1v) is 12.8. The predicted octanol–water partition coefficient (Wildman–Crippen LogP) is 5.16. The summed E-state index contributed by atoms with van der Waals surface area (Å²) in [5.74, 6) is -3.12. The van der Waals surface area contributed by atoms with Gasteiger partial charge in [0, 0.05) is 30.8 Å². The van der Waals surface area contributed by atoms with Gasteiger partial charge in [-0.05, 0) is 61.4 Å². The van der Waals surface area contributed by atoms with E-state index < -0.39 is 41.9 Å². The number of halogens is 4. The lowest BCUT2D eigenvalue weighted by Crippen LogP contribution is -2.52. The maximum absolute atomic E-state index is 13.4. The molecule has 1 saturated heterocycles. The molecule has 0 unspecified atom stereocenters. The molecule has 33 heavy (non-hydrogen) atoms. The van der Waals surface area contributed by atoms with Gasteiger partial charge in [0.15, 0.2) is 5.78 Å². The molecule has 0 spiro atoms. The summed E-state index contributed by atoms with van der Waals surface area (Å²) in [4.78, 5) is 53.1. The molecular formula is C23H18Br2Cl2N2O4. The molecule has 0 bridgehead atoms. The fraction of sp³-hybridized carbons (Fsp3) is 0.304. The van der Waals surface area contributed by atoms with Crippen molar-refractivity contribution in [3.05, 3.63) is 69.7 Å². The van der Waals surface area contributed by atoms with E-state index in [1.807, 2.05) is 0 Å². The molecular weight excluding hydrogens is 599 g/mol. The van der Waals surface area contributed by atoms with E-state index in [2.05, 4.69) is 31.9 Å². The summed E-state index contributed by atoms with van der Waals surface area (Å²) in [5, 5.41) is 2.71. The number of ketones is 1. The molecule has 0 N–H and O–H groups in total. The van der Waals surface area contributed by atoms with E-state index in [4.69, 9.17) is 23.2 Å². The Kier molecular flexibility index (Phi) is 7.29. The van der Waals surface area contributed by atoms with Gasteiger partial charge in [-0.1, -0.05) is 55.1 Å². The highest BCUT2D eigenvalue weighted by atomic mass is 79.9. The van der Waals surface area contributed by atoms with Gasteiger partial charge in [-0.2, -0.15) is 5.01 Å². The summed E-state index contributed by atoms with van der Waals surface area (Å²) in [6, 6.07) is 12.2. The second-order valence-electron chi connectivity index (χ2n) is 8.00. The zero-order chi connectivity index (χ0) is 23.9. The topological polar surface area (TPSA) is 74.8 Å². The smallest absolute Gasteiger partial charge is 0.273 e. The van der Waals surface area contributed by atoms with Gasteiger partial charge in [-0.25, -0.2) is 5.01 Å². The Hall–Kier alpha value is -1.74. The van der Waals surface area contributed by atoms with E-state index in [0.717, 1.165) is 10.0 Å². The van der Waals surface area contributed by atoms with Crippen LogP contribution in [0.4, 0.5) is 0 Å². The van der Waals surface area contributed by atoms with Crippen molar-refractivity contribution in [2.24, 2.45) is 11.8 Å². The molecule has 4 rings (SSSR count). The van der Waals surface area contributed by atoms with Crippen LogP contribution >= 0.6 is 55.1 Å². The van der Waals surface area contributed by atoms with Crippen LogP contribution in [0.1, 0.15) is 33.6 Å². The number of rotatable bonds is 5. The summed E-state index contributed by atoms with van der Waals surface area (Å²) in [7, 11) is 0. The van der Waals surface area contributed by atoms with Crippen LogP contribution in [0.5, 0.6) is 0 Å². The highest BCUT2D eigenvalue weighted by Crippen LogP contribution is 2.43. The molecule has 1 heterocycles. The molecule has 4 atom stereocenters. The monoisotopic (exact) mass is 614 g/mol. The number of hydrazine groups is 1. The number of carbonyl (C=O) groups excluding carboxylic acids is 4. The Morgan fingerprint density at radius 1 is 0.818 bits per heavy atom. The average molecular weight is 617 g/mol. The number of hydrogen-bond donors (Lipinski definition) is 0. The molecule has 6 nitrogen and oxygen atoms in total. The number of imide groups is 1. The van der Waals surface area contributed by atoms with Gasteiger partial charge in [-0.3, -0.25) is 19.2 Å². The molecule has 2 aromatic rings. The van der Waals surface area contributed by atoms with E-state index in [9.17, 15) is 19.2 Å². The van der Waals surface area contributed by atoms with Crippen LogP contribution in [-0.2, 0) is 9.59 Å². The van der Waals surface area contributed by atoms with E-state index in [-0.39, 0.29) is 15.2 Å². The minimum absolute atomic E-state index is 0.0200. The molecule has 172 valence electrons. The van der Waals surface area contributed by atoms with Crippen molar-refractivity contribution < 1.29 is 19.2 Å². The van der Waals surface area contributed by atoms with Crippen LogP contribution in [-0.4, -0.2) is 49.7 Å². The average Bonchev–Trinajstić information content (AvgIpc) is 3.02. The van der Waals surface area contributed by atoms with Crippen molar-refractivity contribution >= 4 is 78.6 Å². The zero-order valence-electron chi connectivity index (χ0n) is 17.1. The van der Waals surface area contributed by atoms with Crippen LogP contribution < -0.4 is 0 Å². The van der Waals surface area contributed by atoms with Crippen LogP contribution in [0.2, 0.25) is 10.0 Å². The minimum atomic E-state index is -0.639. The molecule has 10 heteroatoms. The lowest BCUT2D eigenvalue weighted by atomic mass is 9.81. The second-order valence-corrected chi connectivity index (χ2v) is 11.2. The summed E-state index contributed by atoms with van der Waals surface area (Å²) < 4.78 is 0. The molecule has 2 fully saturated rings. The van der Waals surface area contributed by atoms with Crippen LogP contribution in [0.3, 0.4) is 0 Å². The van der Waals surface area contributed by atoms with Gasteiger partial charge in [0.2, 0.25) is 0 Å². The Labute approximate surface area is 217 Å². The first-order chi connectivity index (χ1) is 15.7. The molecule has 3 amide bonds. The normalized spacial score (nSPS) is 24.5. The number of fused-ring (bicyclic) bond motifs is 1. The Bertz CT molecular complexity index is 1080. The SMILES string of the molecule is O=C(CN(C(=O)c1ccc(Cl)cc1)N1C(=O)[C@@H]2C[C@H](Br)[C@@H](Br)C[C@H]2C1=O)c1ccc(Cl)cc1. The molecule has 1 aliphatic heterocycles. The van der Waals surface area contributed by atoms with E-state index in [1.54, 1.807) is 12.1 Å². The zero-order valence-corrected chi connectivity index (χ0v) is 21.8. The first kappa shape index (κ1) is 24.4. The second kappa shape index (κ2) is 9.86. The van der Waals surface area contributed by atoms with Crippen LogP contribution in [0.25, 0.3) is 0 Å². The van der Waals surface area contributed by atoms with Crippen molar-refractivity contribution in [2.45, 2.75) is 22.5 Å². The maximum Gasteiger partial charge on any atom is 0.273 e. The molecule has 1 aliphatic carbocycles. The van der Waals surface area contributed by atoms with Gasteiger partial charge in [0.05, 0.1) is 11.8 Å². The summed E-state index contributed by atoms with van der Waals surface area (Å²) >= 11 is 19.0. The number of hydrogen-bond acceptors (Lipinski definition) is 4. The highest BCUT2D eigenvalue weighted by Gasteiger charge is 2.54. The molecule has 1 saturated carbocycles. The van der Waals surface area contributed by atoms with Gasteiger partial charge in [-0.15, -0.1) is 0 Å². The molecule has 0 aromatic heterocycles. The van der Waals surface area contributed by atoms with Crippen molar-refractivity contribution in [3.8, 4) is 0 Å². The van der Waals surface area contributed by atoms with Crippen LogP contribution in [0, 0.1) is 11.8 Å². The summed E-state index contributed by atoms with van der Waals surface area (Å²) in [5.41, 5.74) is 0.515. The number of amides is 3. The third-order valence-electron chi connectivity index (χ3n) is 5.91. The van der Waals surface area contributed by atoms with Gasteiger partial charge in [0.25, 0.3) is 17.7 Å². The predicted molar refractivity (Wildman–Crippen MR) is 132 cm³/mol. The maximum atomic E-state index is 13.4. The van der Waals surface area contributed by atoms with Crippen LogP contribution in [0.15, 0.2) is 48.5 Å². The van der Waals surface area contributed by atoms with Crippen molar-refractivity contribution in [1.29, 1.82) is 0 Å². The molecule has 0 radical (unpaired) electrons. The van der Waals surface area contributed by atoms with Crippen molar-refractivity contribution in [2.75, 3.05) is 6.54 Å². The number of alkyl halides is 2. The minimum Gasteiger partial charge on any atom is -0.292 e. The largest absolute Gasteiger partial charge is 0.292 e. The lowest BCUT2D eigenvalue weighted by Gasteiger charge is -2.30. The quantitative estimate of drug-likeness (QED) is 0.264. The van der Waals surface area contributed by atoms with Gasteiger partial charge >= 0.3 is 0 Å². The van der Waals surface area contributed by atoms with E-state index >= 15 is 0 Å². The highest BCUT2D eigenvalue weighted by molar-refractivity contribution is 9.12. The fourth-order valence-corrected chi connectivity index (χ4v) is 5.64. The Morgan fingerprint density at radius 2 is 1.24 bits per heavy atom. The van der Waals surface area contributed by atoms with E-state index in [0.29, 0.717) is 28.5 Å². The number of benzene rings is 2. The standard InChI is InChI=1S/C23H18Br2Cl2N2O4/c24-18-9-16-17(10-19(18)25)23(33)29(22(16)32)28(21(31)13-3-7-15(27)8-4-13)11-20(30)12-1-5-14(26)6-2-12/h1-8,16-19H,9-11H2/t16-,17-,18+,19+/m1/s1. The molecule has 2 aromatic carbocycles. The first-order valence-electron chi connectivity index (χ1n) is 10.2. The lowest BCUT2D eigenvalue weighted by molar-refractivity contribution is -0.154. The molecule has 2 aliphatic rings. The van der Waals surface area contributed by atoms with Gasteiger partial charge in [0.1, 0.15) is 6.54 Å².